The second-order valence-corrected chi connectivity index (χ2v) is 4.05. The quantitative estimate of drug-likeness (QED) is 0.784. The summed E-state index contributed by atoms with van der Waals surface area (Å²) in [5.74, 6) is 0. The number of benzene rings is 1. The van der Waals surface area contributed by atoms with Crippen LogP contribution < -0.4 is 5.32 Å². The summed E-state index contributed by atoms with van der Waals surface area (Å²) in [4.78, 5) is 0. The maximum atomic E-state index is 5.83. The highest BCUT2D eigenvalue weighted by molar-refractivity contribution is 6.30. The molecule has 1 heterocycles. The van der Waals surface area contributed by atoms with Crippen molar-refractivity contribution < 1.29 is 0 Å². The summed E-state index contributed by atoms with van der Waals surface area (Å²) in [7, 11) is 0. The van der Waals surface area contributed by atoms with Gasteiger partial charge in [-0.1, -0.05) is 36.7 Å². The summed E-state index contributed by atoms with van der Waals surface area (Å²) in [6, 6.07) is 8.58. The lowest BCUT2D eigenvalue weighted by molar-refractivity contribution is 0.613. The molecule has 1 unspecified atom stereocenters. The van der Waals surface area contributed by atoms with Crippen molar-refractivity contribution in [2.24, 2.45) is 0 Å². The van der Waals surface area contributed by atoms with Gasteiger partial charge in [0.1, 0.15) is 0 Å². The Hall–Kier alpha value is -0.950. The zero-order chi connectivity index (χ0) is 9.97. The molecule has 1 nitrogen and oxygen atoms in total. The molecule has 1 N–H and O–H groups in total. The molecule has 0 bridgehead atoms. The first-order chi connectivity index (χ1) is 6.79. The van der Waals surface area contributed by atoms with Crippen LogP contribution in [0.5, 0.6) is 0 Å². The molecule has 14 heavy (non-hydrogen) atoms. The van der Waals surface area contributed by atoms with E-state index in [1.165, 1.54) is 17.7 Å². The lowest BCUT2D eigenvalue weighted by atomic mass is 10.1. The van der Waals surface area contributed by atoms with Crippen LogP contribution in [-0.2, 0) is 0 Å². The molecule has 0 spiro atoms. The molecule has 0 fully saturated rings. The molecule has 0 radical (unpaired) electrons. The summed E-state index contributed by atoms with van der Waals surface area (Å²) in [5, 5.41) is 4.29. The predicted molar refractivity (Wildman–Crippen MR) is 61.3 cm³/mol. The van der Waals surface area contributed by atoms with Gasteiger partial charge in [0, 0.05) is 16.8 Å². The van der Waals surface area contributed by atoms with Gasteiger partial charge >= 0.3 is 0 Å². The summed E-state index contributed by atoms with van der Waals surface area (Å²) in [6.45, 7) is 2.20. The molecule has 0 saturated carbocycles. The van der Waals surface area contributed by atoms with Gasteiger partial charge in [-0.2, -0.15) is 0 Å². The highest BCUT2D eigenvalue weighted by Gasteiger charge is 2.14. The topological polar surface area (TPSA) is 12.0 Å². The molecule has 2 rings (SSSR count). The maximum Gasteiger partial charge on any atom is 0.0406 e. The molecule has 1 atom stereocenters. The second kappa shape index (κ2) is 4.05. The van der Waals surface area contributed by atoms with Gasteiger partial charge in [0.25, 0.3) is 0 Å². The van der Waals surface area contributed by atoms with Gasteiger partial charge < -0.3 is 5.32 Å². The van der Waals surface area contributed by atoms with E-state index < -0.39 is 0 Å². The van der Waals surface area contributed by atoms with Crippen LogP contribution in [0.1, 0.15) is 25.3 Å². The van der Waals surface area contributed by atoms with E-state index in [1.807, 2.05) is 12.1 Å². The lowest BCUT2D eigenvalue weighted by Crippen LogP contribution is -2.20. The largest absolute Gasteiger partial charge is 0.382 e. The van der Waals surface area contributed by atoms with E-state index in [2.05, 4.69) is 30.4 Å². The van der Waals surface area contributed by atoms with Crippen molar-refractivity contribution in [3.05, 3.63) is 40.9 Å². The lowest BCUT2D eigenvalue weighted by Gasteiger charge is -2.11. The van der Waals surface area contributed by atoms with Crippen molar-refractivity contribution in [2.75, 3.05) is 0 Å². The van der Waals surface area contributed by atoms with E-state index in [4.69, 9.17) is 11.6 Å². The van der Waals surface area contributed by atoms with Gasteiger partial charge in [-0.05, 0) is 30.5 Å². The Balaban J connectivity index is 2.13. The molecule has 0 saturated heterocycles. The maximum absolute atomic E-state index is 5.83. The standard InChI is InChI=1S/C12H14ClN/c1-2-11-7-8-12(14-11)9-3-5-10(13)6-4-9/h3-6,8,11,14H,2,7H2,1H3. The third kappa shape index (κ3) is 1.93. The van der Waals surface area contributed by atoms with Gasteiger partial charge in [-0.25, -0.2) is 0 Å². The zero-order valence-electron chi connectivity index (χ0n) is 8.26. The Bertz CT molecular complexity index is 340. The Labute approximate surface area is 89.8 Å². The minimum Gasteiger partial charge on any atom is -0.382 e. The molecule has 1 aliphatic heterocycles. The number of halogens is 1. The number of rotatable bonds is 2. The fourth-order valence-electron chi connectivity index (χ4n) is 1.70. The van der Waals surface area contributed by atoms with Crippen molar-refractivity contribution in [3.8, 4) is 0 Å². The van der Waals surface area contributed by atoms with E-state index in [9.17, 15) is 0 Å². The van der Waals surface area contributed by atoms with Gasteiger partial charge in [-0.15, -0.1) is 0 Å². The van der Waals surface area contributed by atoms with Crippen LogP contribution in [0.2, 0.25) is 5.02 Å². The first kappa shape index (κ1) is 9.60. The van der Waals surface area contributed by atoms with Crippen LogP contribution in [0, 0.1) is 0 Å². The molecular weight excluding hydrogens is 194 g/mol. The molecule has 1 aromatic rings. The van der Waals surface area contributed by atoms with Crippen LogP contribution >= 0.6 is 11.6 Å². The van der Waals surface area contributed by atoms with Gasteiger partial charge in [0.2, 0.25) is 0 Å². The molecule has 0 aliphatic carbocycles. The summed E-state index contributed by atoms with van der Waals surface area (Å²) >= 11 is 5.83. The van der Waals surface area contributed by atoms with Gasteiger partial charge in [0.15, 0.2) is 0 Å². The molecule has 0 amide bonds. The van der Waals surface area contributed by atoms with Crippen molar-refractivity contribution in [2.45, 2.75) is 25.8 Å². The van der Waals surface area contributed by atoms with E-state index >= 15 is 0 Å². The van der Waals surface area contributed by atoms with Crippen molar-refractivity contribution >= 4 is 17.3 Å². The van der Waals surface area contributed by atoms with E-state index in [-0.39, 0.29) is 0 Å². The van der Waals surface area contributed by atoms with Crippen molar-refractivity contribution in [1.29, 1.82) is 0 Å². The normalized spacial score (nSPS) is 20.4. The van der Waals surface area contributed by atoms with Gasteiger partial charge in [-0.3, -0.25) is 0 Å². The van der Waals surface area contributed by atoms with Crippen molar-refractivity contribution in [3.63, 3.8) is 0 Å². The molecule has 1 aliphatic rings. The average Bonchev–Trinajstić information content (AvgIpc) is 2.67. The summed E-state index contributed by atoms with van der Waals surface area (Å²) < 4.78 is 0. The second-order valence-electron chi connectivity index (χ2n) is 3.61. The predicted octanol–water partition coefficient (Wildman–Crippen LogP) is 3.45. The first-order valence-electron chi connectivity index (χ1n) is 5.02. The molecular formula is C12H14ClN. The highest BCUT2D eigenvalue weighted by Crippen LogP contribution is 2.22. The first-order valence-corrected chi connectivity index (χ1v) is 5.40. The Kier molecular flexibility index (Phi) is 2.78. The SMILES string of the molecule is CCC1CC=C(c2ccc(Cl)cc2)N1. The average molecular weight is 208 g/mol. The smallest absolute Gasteiger partial charge is 0.0406 e. The Morgan fingerprint density at radius 3 is 2.64 bits per heavy atom. The Morgan fingerprint density at radius 1 is 1.36 bits per heavy atom. The third-order valence-corrected chi connectivity index (χ3v) is 2.87. The molecule has 74 valence electrons. The summed E-state index contributed by atoms with van der Waals surface area (Å²) in [6.07, 6.45) is 4.57. The molecule has 2 heteroatoms. The van der Waals surface area contributed by atoms with Crippen molar-refractivity contribution in [1.82, 2.24) is 5.32 Å². The number of hydrogen-bond donors (Lipinski definition) is 1. The minimum atomic E-state index is 0.612. The molecule has 1 aromatic carbocycles. The van der Waals surface area contributed by atoms with E-state index in [0.29, 0.717) is 6.04 Å². The molecule has 0 aromatic heterocycles. The number of nitrogens with one attached hydrogen (secondary N) is 1. The van der Waals surface area contributed by atoms with Crippen LogP contribution in [0.25, 0.3) is 5.70 Å². The van der Waals surface area contributed by atoms with Gasteiger partial charge in [0.05, 0.1) is 0 Å². The van der Waals surface area contributed by atoms with Crippen LogP contribution in [0.4, 0.5) is 0 Å². The fraction of sp³-hybridized carbons (Fsp3) is 0.333. The monoisotopic (exact) mass is 207 g/mol. The highest BCUT2D eigenvalue weighted by atomic mass is 35.5. The van der Waals surface area contributed by atoms with E-state index in [1.54, 1.807) is 0 Å². The summed E-state index contributed by atoms with van der Waals surface area (Å²) in [5.41, 5.74) is 2.47. The third-order valence-electron chi connectivity index (χ3n) is 2.61. The zero-order valence-corrected chi connectivity index (χ0v) is 9.01. The van der Waals surface area contributed by atoms with Crippen LogP contribution in [0.3, 0.4) is 0 Å². The number of hydrogen-bond acceptors (Lipinski definition) is 1. The van der Waals surface area contributed by atoms with E-state index in [0.717, 1.165) is 11.4 Å². The minimum absolute atomic E-state index is 0.612. The van der Waals surface area contributed by atoms with Crippen LogP contribution in [-0.4, -0.2) is 6.04 Å². The Morgan fingerprint density at radius 2 is 2.07 bits per heavy atom. The fourth-order valence-corrected chi connectivity index (χ4v) is 1.82. The van der Waals surface area contributed by atoms with Crippen LogP contribution in [0.15, 0.2) is 30.3 Å².